The molecule has 0 fully saturated rings. The van der Waals surface area contributed by atoms with Gasteiger partial charge in [-0.3, -0.25) is 4.39 Å². The van der Waals surface area contributed by atoms with Gasteiger partial charge in [-0.1, -0.05) is 0 Å². The molecule has 0 aromatic carbocycles. The molecule has 1 atom stereocenters. The fourth-order valence-electron chi connectivity index (χ4n) is 0.503. The summed E-state index contributed by atoms with van der Waals surface area (Å²) in [5.41, 5.74) is 0. The molecule has 0 aliphatic carbocycles. The average molecular weight is 135 g/mol. The Morgan fingerprint density at radius 1 is 1.67 bits per heavy atom. The molecule has 0 aliphatic rings. The van der Waals surface area contributed by atoms with E-state index in [1.807, 2.05) is 0 Å². The Bertz CT molecular complexity index is 59.0. The van der Waals surface area contributed by atoms with E-state index >= 15 is 0 Å². The van der Waals surface area contributed by atoms with Gasteiger partial charge in [-0.2, -0.15) is 0 Å². The zero-order valence-electron chi connectivity index (χ0n) is 5.73. The van der Waals surface area contributed by atoms with E-state index in [1.54, 1.807) is 6.92 Å². The standard InChI is InChI=1S/C6H14FNO/c1-6(9)5-8-4-2-3-7/h6,8-9H,2-5H2,1H3. The first-order valence-corrected chi connectivity index (χ1v) is 3.22. The molecule has 0 aliphatic heterocycles. The van der Waals surface area contributed by atoms with Crippen LogP contribution in [-0.2, 0) is 0 Å². The number of aliphatic hydroxyl groups excluding tert-OH is 1. The maximum absolute atomic E-state index is 11.4. The maximum Gasteiger partial charge on any atom is 0.0906 e. The molecule has 0 heterocycles. The van der Waals surface area contributed by atoms with Crippen LogP contribution in [0, 0.1) is 0 Å². The van der Waals surface area contributed by atoms with Gasteiger partial charge in [-0.05, 0) is 19.9 Å². The van der Waals surface area contributed by atoms with Gasteiger partial charge < -0.3 is 10.4 Å². The quantitative estimate of drug-likeness (QED) is 0.532. The van der Waals surface area contributed by atoms with Gasteiger partial charge in [0.15, 0.2) is 0 Å². The molecule has 0 saturated carbocycles. The van der Waals surface area contributed by atoms with E-state index in [2.05, 4.69) is 5.32 Å². The van der Waals surface area contributed by atoms with Crippen LogP contribution in [0.15, 0.2) is 0 Å². The van der Waals surface area contributed by atoms with E-state index in [-0.39, 0.29) is 12.8 Å². The highest BCUT2D eigenvalue weighted by atomic mass is 19.1. The second kappa shape index (κ2) is 5.98. The molecule has 3 heteroatoms. The minimum Gasteiger partial charge on any atom is -0.392 e. The summed E-state index contributed by atoms with van der Waals surface area (Å²) in [4.78, 5) is 0. The van der Waals surface area contributed by atoms with Crippen molar-refractivity contribution >= 4 is 0 Å². The molecule has 0 bridgehead atoms. The van der Waals surface area contributed by atoms with Gasteiger partial charge in [0.05, 0.1) is 12.8 Å². The lowest BCUT2D eigenvalue weighted by Gasteiger charge is -2.03. The number of hydrogen-bond acceptors (Lipinski definition) is 2. The lowest BCUT2D eigenvalue weighted by atomic mass is 10.4. The van der Waals surface area contributed by atoms with E-state index in [4.69, 9.17) is 5.11 Å². The van der Waals surface area contributed by atoms with Crippen LogP contribution in [0.25, 0.3) is 0 Å². The molecule has 2 N–H and O–H groups in total. The molecule has 0 radical (unpaired) electrons. The molecule has 9 heavy (non-hydrogen) atoms. The van der Waals surface area contributed by atoms with E-state index < -0.39 is 0 Å². The van der Waals surface area contributed by atoms with Crippen molar-refractivity contribution in [1.29, 1.82) is 0 Å². The minimum absolute atomic E-state index is 0.285. The second-order valence-corrected chi connectivity index (χ2v) is 2.10. The molecular weight excluding hydrogens is 121 g/mol. The third-order valence-electron chi connectivity index (χ3n) is 0.927. The van der Waals surface area contributed by atoms with Crippen molar-refractivity contribution in [3.05, 3.63) is 0 Å². The predicted octanol–water partition coefficient (Wildman–Crippen LogP) is 0.316. The zero-order valence-corrected chi connectivity index (χ0v) is 5.73. The van der Waals surface area contributed by atoms with Crippen LogP contribution in [0.1, 0.15) is 13.3 Å². The maximum atomic E-state index is 11.4. The van der Waals surface area contributed by atoms with Gasteiger partial charge in [-0.25, -0.2) is 0 Å². The first-order chi connectivity index (χ1) is 4.27. The summed E-state index contributed by atoms with van der Waals surface area (Å²) in [7, 11) is 0. The first-order valence-electron chi connectivity index (χ1n) is 3.22. The number of hydrogen-bond donors (Lipinski definition) is 2. The third kappa shape index (κ3) is 7.85. The predicted molar refractivity (Wildman–Crippen MR) is 35.1 cm³/mol. The van der Waals surface area contributed by atoms with Crippen molar-refractivity contribution in [1.82, 2.24) is 5.32 Å². The lowest BCUT2D eigenvalue weighted by Crippen LogP contribution is -2.25. The van der Waals surface area contributed by atoms with Crippen molar-refractivity contribution < 1.29 is 9.50 Å². The van der Waals surface area contributed by atoms with Gasteiger partial charge in [0.2, 0.25) is 0 Å². The summed E-state index contributed by atoms with van der Waals surface area (Å²) in [5.74, 6) is 0. The monoisotopic (exact) mass is 135 g/mol. The molecule has 56 valence electrons. The Hall–Kier alpha value is -0.150. The van der Waals surface area contributed by atoms with Crippen LogP contribution >= 0.6 is 0 Å². The summed E-state index contributed by atoms with van der Waals surface area (Å²) in [6, 6.07) is 0. The number of rotatable bonds is 5. The molecule has 0 aromatic heterocycles. The topological polar surface area (TPSA) is 32.3 Å². The third-order valence-corrected chi connectivity index (χ3v) is 0.927. The summed E-state index contributed by atoms with van der Waals surface area (Å²) < 4.78 is 11.4. The summed E-state index contributed by atoms with van der Waals surface area (Å²) in [5, 5.41) is 11.6. The minimum atomic E-state index is -0.329. The fourth-order valence-corrected chi connectivity index (χ4v) is 0.503. The highest BCUT2D eigenvalue weighted by Gasteiger charge is 1.91. The van der Waals surface area contributed by atoms with Crippen molar-refractivity contribution in [2.24, 2.45) is 0 Å². The van der Waals surface area contributed by atoms with E-state index in [9.17, 15) is 4.39 Å². The molecule has 1 unspecified atom stereocenters. The summed E-state index contributed by atoms with van der Waals surface area (Å²) in [6.07, 6.45) is 0.205. The number of alkyl halides is 1. The average Bonchev–Trinajstić information content (AvgIpc) is 1.80. The Balaban J connectivity index is 2.75. The van der Waals surface area contributed by atoms with E-state index in [1.165, 1.54) is 0 Å². The smallest absolute Gasteiger partial charge is 0.0906 e. The van der Waals surface area contributed by atoms with Crippen LogP contribution in [0.5, 0.6) is 0 Å². The number of aliphatic hydroxyl groups is 1. The SMILES string of the molecule is CC(O)CNCCCF. The van der Waals surface area contributed by atoms with Crippen LogP contribution in [0.4, 0.5) is 4.39 Å². The first kappa shape index (κ1) is 8.85. The molecule has 0 saturated heterocycles. The summed E-state index contributed by atoms with van der Waals surface area (Å²) >= 11 is 0. The molecule has 0 amide bonds. The van der Waals surface area contributed by atoms with Crippen molar-refractivity contribution in [3.63, 3.8) is 0 Å². The van der Waals surface area contributed by atoms with Gasteiger partial charge in [0.25, 0.3) is 0 Å². The molecule has 0 rings (SSSR count). The zero-order chi connectivity index (χ0) is 7.11. The van der Waals surface area contributed by atoms with Crippen LogP contribution in [0.2, 0.25) is 0 Å². The normalized spacial score (nSPS) is 13.7. The molecule has 0 spiro atoms. The Labute approximate surface area is 55.1 Å². The number of halogens is 1. The molecule has 0 aromatic rings. The lowest BCUT2D eigenvalue weighted by molar-refractivity contribution is 0.191. The van der Waals surface area contributed by atoms with Crippen LogP contribution in [-0.4, -0.2) is 31.0 Å². The summed E-state index contributed by atoms with van der Waals surface area (Å²) in [6.45, 7) is 2.62. The highest BCUT2D eigenvalue weighted by molar-refractivity contribution is 4.51. The van der Waals surface area contributed by atoms with Gasteiger partial charge >= 0.3 is 0 Å². The second-order valence-electron chi connectivity index (χ2n) is 2.10. The van der Waals surface area contributed by atoms with Crippen molar-refractivity contribution in [2.45, 2.75) is 19.4 Å². The Morgan fingerprint density at radius 3 is 2.78 bits per heavy atom. The highest BCUT2D eigenvalue weighted by Crippen LogP contribution is 1.78. The van der Waals surface area contributed by atoms with Gasteiger partial charge in [-0.15, -0.1) is 0 Å². The molecule has 2 nitrogen and oxygen atoms in total. The van der Waals surface area contributed by atoms with E-state index in [0.717, 1.165) is 0 Å². The Morgan fingerprint density at radius 2 is 2.33 bits per heavy atom. The largest absolute Gasteiger partial charge is 0.392 e. The van der Waals surface area contributed by atoms with Gasteiger partial charge in [0.1, 0.15) is 0 Å². The Kier molecular flexibility index (Phi) is 5.88. The van der Waals surface area contributed by atoms with Crippen LogP contribution < -0.4 is 5.32 Å². The van der Waals surface area contributed by atoms with Crippen molar-refractivity contribution in [3.8, 4) is 0 Å². The molecular formula is C6H14FNO. The number of nitrogens with one attached hydrogen (secondary N) is 1. The van der Waals surface area contributed by atoms with Crippen LogP contribution in [0.3, 0.4) is 0 Å². The fraction of sp³-hybridized carbons (Fsp3) is 1.00. The van der Waals surface area contributed by atoms with E-state index in [0.29, 0.717) is 19.5 Å². The van der Waals surface area contributed by atoms with Gasteiger partial charge in [0, 0.05) is 6.54 Å². The van der Waals surface area contributed by atoms with Crippen molar-refractivity contribution in [2.75, 3.05) is 19.8 Å².